The lowest BCUT2D eigenvalue weighted by molar-refractivity contribution is -0.118. The monoisotopic (exact) mass is 356 g/mol. The smallest absolute Gasteiger partial charge is 0.262 e. The number of benzene rings is 2. The van der Waals surface area contributed by atoms with Gasteiger partial charge in [0, 0.05) is 12.1 Å². The summed E-state index contributed by atoms with van der Waals surface area (Å²) in [5.74, 6) is -0.779. The van der Waals surface area contributed by atoms with E-state index in [2.05, 4.69) is 10.6 Å². The minimum atomic E-state index is -0.433. The Morgan fingerprint density at radius 3 is 2.62 bits per heavy atom. The number of para-hydroxylation sites is 1. The van der Waals surface area contributed by atoms with Crippen LogP contribution in [-0.4, -0.2) is 24.5 Å². The summed E-state index contributed by atoms with van der Waals surface area (Å²) in [4.78, 5) is 24.6. The van der Waals surface area contributed by atoms with Crippen LogP contribution in [0.1, 0.15) is 36.0 Å². The summed E-state index contributed by atoms with van der Waals surface area (Å²) in [5.41, 5.74) is 0.842. The average molecular weight is 356 g/mol. The highest BCUT2D eigenvalue weighted by atomic mass is 19.1. The molecule has 0 bridgehead atoms. The van der Waals surface area contributed by atoms with Crippen LogP contribution in [0.5, 0.6) is 5.75 Å². The van der Waals surface area contributed by atoms with Gasteiger partial charge < -0.3 is 15.4 Å². The van der Waals surface area contributed by atoms with Crippen LogP contribution in [0.25, 0.3) is 0 Å². The Bertz CT molecular complexity index is 788. The number of hydrogen-bond donors (Lipinski definition) is 2. The molecule has 0 saturated heterocycles. The quantitative estimate of drug-likeness (QED) is 0.832. The van der Waals surface area contributed by atoms with Gasteiger partial charge in [-0.3, -0.25) is 9.59 Å². The normalized spacial score (nSPS) is 14.0. The van der Waals surface area contributed by atoms with Crippen LogP contribution in [-0.2, 0) is 4.79 Å². The number of hydrogen-bond acceptors (Lipinski definition) is 3. The van der Waals surface area contributed by atoms with Gasteiger partial charge in [-0.2, -0.15) is 0 Å². The number of amides is 2. The fourth-order valence-electron chi connectivity index (χ4n) is 3.02. The third-order valence-corrected chi connectivity index (χ3v) is 4.30. The van der Waals surface area contributed by atoms with Gasteiger partial charge in [0.25, 0.3) is 11.8 Å². The van der Waals surface area contributed by atoms with Gasteiger partial charge in [0.2, 0.25) is 0 Å². The summed E-state index contributed by atoms with van der Waals surface area (Å²) in [6.07, 6.45) is 4.23. The van der Waals surface area contributed by atoms with Gasteiger partial charge in [-0.15, -0.1) is 0 Å². The first-order valence-electron chi connectivity index (χ1n) is 8.70. The van der Waals surface area contributed by atoms with Crippen LogP contribution in [0.2, 0.25) is 0 Å². The summed E-state index contributed by atoms with van der Waals surface area (Å²) in [7, 11) is 0. The van der Waals surface area contributed by atoms with E-state index in [1.54, 1.807) is 30.3 Å². The summed E-state index contributed by atoms with van der Waals surface area (Å²) in [6, 6.07) is 12.6. The topological polar surface area (TPSA) is 67.4 Å². The van der Waals surface area contributed by atoms with Crippen LogP contribution in [0.4, 0.5) is 10.1 Å². The maximum absolute atomic E-state index is 13.1. The molecule has 1 aliphatic rings. The Labute approximate surface area is 151 Å². The third-order valence-electron chi connectivity index (χ3n) is 4.30. The summed E-state index contributed by atoms with van der Waals surface area (Å²) in [6.45, 7) is -0.276. The maximum atomic E-state index is 13.1. The number of ether oxygens (including phenoxy) is 1. The van der Waals surface area contributed by atoms with Crippen molar-refractivity contribution in [1.82, 2.24) is 5.32 Å². The molecule has 26 heavy (non-hydrogen) atoms. The number of nitrogens with one attached hydrogen (secondary N) is 2. The second-order valence-electron chi connectivity index (χ2n) is 6.29. The Kier molecular flexibility index (Phi) is 5.84. The van der Waals surface area contributed by atoms with E-state index in [0.717, 1.165) is 25.7 Å². The Balaban J connectivity index is 1.60. The van der Waals surface area contributed by atoms with E-state index in [9.17, 15) is 14.0 Å². The highest BCUT2D eigenvalue weighted by molar-refractivity contribution is 6.04. The van der Waals surface area contributed by atoms with Crippen molar-refractivity contribution in [3.8, 4) is 5.75 Å². The molecular weight excluding hydrogens is 335 g/mol. The first kappa shape index (κ1) is 17.9. The molecule has 0 aliphatic heterocycles. The molecular formula is C20H21FN2O3. The molecule has 1 saturated carbocycles. The van der Waals surface area contributed by atoms with Crippen LogP contribution >= 0.6 is 0 Å². The lowest BCUT2D eigenvalue weighted by Crippen LogP contribution is -2.33. The highest BCUT2D eigenvalue weighted by Gasteiger charge is 2.20. The van der Waals surface area contributed by atoms with Gasteiger partial charge in [0.1, 0.15) is 11.6 Å². The molecule has 1 aliphatic carbocycles. The van der Waals surface area contributed by atoms with Crippen LogP contribution in [0, 0.1) is 5.82 Å². The van der Waals surface area contributed by atoms with Crippen LogP contribution in [0.15, 0.2) is 48.5 Å². The standard InChI is InChI=1S/C20H21FN2O3/c21-14-6-5-9-16(12-14)26-13-19(24)23-18-11-4-3-10-17(18)20(25)22-15-7-1-2-8-15/h3-6,9-12,15H,1-2,7-8,13H2,(H,22,25)(H,23,24). The summed E-state index contributed by atoms with van der Waals surface area (Å²) < 4.78 is 18.4. The molecule has 0 unspecified atom stereocenters. The third kappa shape index (κ3) is 4.81. The van der Waals surface area contributed by atoms with Crippen LogP contribution in [0.3, 0.4) is 0 Å². The molecule has 2 amide bonds. The first-order chi connectivity index (χ1) is 12.6. The van der Waals surface area contributed by atoms with E-state index < -0.39 is 11.7 Å². The zero-order chi connectivity index (χ0) is 18.4. The van der Waals surface area contributed by atoms with E-state index in [-0.39, 0.29) is 24.3 Å². The molecule has 0 atom stereocenters. The van der Waals surface area contributed by atoms with E-state index in [4.69, 9.17) is 4.74 Å². The van der Waals surface area contributed by atoms with E-state index in [1.807, 2.05) is 0 Å². The fraction of sp³-hybridized carbons (Fsp3) is 0.300. The van der Waals surface area contributed by atoms with Crippen molar-refractivity contribution in [3.05, 3.63) is 59.9 Å². The Morgan fingerprint density at radius 1 is 1.08 bits per heavy atom. The molecule has 0 heterocycles. The maximum Gasteiger partial charge on any atom is 0.262 e. The first-order valence-corrected chi connectivity index (χ1v) is 8.70. The Hall–Kier alpha value is -2.89. The second kappa shape index (κ2) is 8.47. The van der Waals surface area contributed by atoms with Crippen LogP contribution < -0.4 is 15.4 Å². The minimum absolute atomic E-state index is 0.196. The van der Waals surface area contributed by atoms with Crippen molar-refractivity contribution in [2.75, 3.05) is 11.9 Å². The van der Waals surface area contributed by atoms with Crippen molar-refractivity contribution in [1.29, 1.82) is 0 Å². The van der Waals surface area contributed by atoms with Crippen molar-refractivity contribution >= 4 is 17.5 Å². The van der Waals surface area contributed by atoms with Crippen molar-refractivity contribution in [2.45, 2.75) is 31.7 Å². The largest absolute Gasteiger partial charge is 0.484 e. The summed E-state index contributed by atoms with van der Waals surface area (Å²) in [5, 5.41) is 5.69. The predicted molar refractivity (Wildman–Crippen MR) is 96.7 cm³/mol. The molecule has 0 radical (unpaired) electrons. The molecule has 2 N–H and O–H groups in total. The molecule has 1 fully saturated rings. The summed E-state index contributed by atoms with van der Waals surface area (Å²) >= 11 is 0. The lowest BCUT2D eigenvalue weighted by atomic mass is 10.1. The highest BCUT2D eigenvalue weighted by Crippen LogP contribution is 2.20. The molecule has 2 aromatic carbocycles. The molecule has 0 spiro atoms. The van der Waals surface area contributed by atoms with Crippen molar-refractivity contribution < 1.29 is 18.7 Å². The number of carbonyl (C=O) groups is 2. The van der Waals surface area contributed by atoms with Gasteiger partial charge in [-0.1, -0.05) is 31.0 Å². The molecule has 136 valence electrons. The van der Waals surface area contributed by atoms with E-state index in [1.165, 1.54) is 18.2 Å². The van der Waals surface area contributed by atoms with Crippen molar-refractivity contribution in [3.63, 3.8) is 0 Å². The van der Waals surface area contributed by atoms with Crippen molar-refractivity contribution in [2.24, 2.45) is 0 Å². The average Bonchev–Trinajstić information content (AvgIpc) is 3.13. The molecule has 3 rings (SSSR count). The van der Waals surface area contributed by atoms with Gasteiger partial charge >= 0.3 is 0 Å². The molecule has 2 aromatic rings. The zero-order valence-corrected chi connectivity index (χ0v) is 14.3. The van der Waals surface area contributed by atoms with E-state index in [0.29, 0.717) is 11.3 Å². The van der Waals surface area contributed by atoms with E-state index >= 15 is 0 Å². The minimum Gasteiger partial charge on any atom is -0.484 e. The number of halogens is 1. The molecule has 6 heteroatoms. The second-order valence-corrected chi connectivity index (χ2v) is 6.29. The van der Waals surface area contributed by atoms with Gasteiger partial charge in [-0.25, -0.2) is 4.39 Å². The lowest BCUT2D eigenvalue weighted by Gasteiger charge is -2.15. The number of anilines is 1. The zero-order valence-electron chi connectivity index (χ0n) is 14.3. The fourth-order valence-corrected chi connectivity index (χ4v) is 3.02. The number of carbonyl (C=O) groups excluding carboxylic acids is 2. The molecule has 0 aromatic heterocycles. The SMILES string of the molecule is O=C(COc1cccc(F)c1)Nc1ccccc1C(=O)NC1CCCC1. The molecule has 5 nitrogen and oxygen atoms in total. The van der Waals surface area contributed by atoms with Gasteiger partial charge in [0.15, 0.2) is 6.61 Å². The van der Waals surface area contributed by atoms with Gasteiger partial charge in [-0.05, 0) is 37.1 Å². The van der Waals surface area contributed by atoms with Gasteiger partial charge in [0.05, 0.1) is 11.3 Å². The Morgan fingerprint density at radius 2 is 1.85 bits per heavy atom. The predicted octanol–water partition coefficient (Wildman–Crippen LogP) is 3.52. The number of rotatable bonds is 6.